The Morgan fingerprint density at radius 3 is 3.06 bits per heavy atom. The SMILES string of the molecule is COC(=O)C(N)Cc1ccc2oc(=O)[nH]c2c1. The number of carbonyl (C=O) groups excluding carboxylic acids is 1. The van der Waals surface area contributed by atoms with Crippen LogP contribution >= 0.6 is 0 Å². The Bertz CT molecular complexity index is 599. The zero-order valence-corrected chi connectivity index (χ0v) is 9.23. The molecule has 2 rings (SSSR count). The summed E-state index contributed by atoms with van der Waals surface area (Å²) in [4.78, 5) is 24.7. The van der Waals surface area contributed by atoms with E-state index in [4.69, 9.17) is 10.2 Å². The van der Waals surface area contributed by atoms with Gasteiger partial charge in [0.15, 0.2) is 5.58 Å². The number of benzene rings is 1. The fraction of sp³-hybridized carbons (Fsp3) is 0.273. The molecule has 1 aromatic carbocycles. The number of fused-ring (bicyclic) bond motifs is 1. The van der Waals surface area contributed by atoms with Gasteiger partial charge in [0.25, 0.3) is 0 Å². The molecule has 3 N–H and O–H groups in total. The lowest BCUT2D eigenvalue weighted by Crippen LogP contribution is -2.33. The summed E-state index contributed by atoms with van der Waals surface area (Å²) in [5.41, 5.74) is 7.53. The molecule has 1 atom stereocenters. The molecule has 6 heteroatoms. The monoisotopic (exact) mass is 236 g/mol. The molecule has 1 aromatic heterocycles. The van der Waals surface area contributed by atoms with Gasteiger partial charge in [-0.25, -0.2) is 4.79 Å². The van der Waals surface area contributed by atoms with E-state index < -0.39 is 17.8 Å². The molecular formula is C11H12N2O4. The maximum Gasteiger partial charge on any atom is 0.417 e. The van der Waals surface area contributed by atoms with Crippen molar-refractivity contribution < 1.29 is 13.9 Å². The van der Waals surface area contributed by atoms with Crippen molar-refractivity contribution in [3.63, 3.8) is 0 Å². The summed E-state index contributed by atoms with van der Waals surface area (Å²) in [7, 11) is 1.29. The third-order valence-electron chi connectivity index (χ3n) is 2.44. The molecular weight excluding hydrogens is 224 g/mol. The Morgan fingerprint density at radius 2 is 2.35 bits per heavy atom. The molecule has 17 heavy (non-hydrogen) atoms. The van der Waals surface area contributed by atoms with E-state index in [1.54, 1.807) is 18.2 Å². The first-order valence-corrected chi connectivity index (χ1v) is 5.05. The second-order valence-corrected chi connectivity index (χ2v) is 3.68. The number of ether oxygens (including phenoxy) is 1. The minimum atomic E-state index is -0.712. The standard InChI is InChI=1S/C11H12N2O4/c1-16-10(14)7(12)4-6-2-3-9-8(5-6)13-11(15)17-9/h2-3,5,7H,4,12H2,1H3,(H,13,15). The van der Waals surface area contributed by atoms with Crippen LogP contribution in [-0.4, -0.2) is 24.1 Å². The number of nitrogens with one attached hydrogen (secondary N) is 1. The van der Waals surface area contributed by atoms with Gasteiger partial charge < -0.3 is 14.9 Å². The van der Waals surface area contributed by atoms with E-state index in [-0.39, 0.29) is 0 Å². The van der Waals surface area contributed by atoms with Crippen molar-refractivity contribution in [3.05, 3.63) is 34.3 Å². The van der Waals surface area contributed by atoms with E-state index in [9.17, 15) is 9.59 Å². The van der Waals surface area contributed by atoms with Crippen molar-refractivity contribution in [1.82, 2.24) is 4.98 Å². The third kappa shape index (κ3) is 2.36. The molecule has 0 aliphatic heterocycles. The molecule has 0 spiro atoms. The van der Waals surface area contributed by atoms with Crippen molar-refractivity contribution in [3.8, 4) is 0 Å². The number of nitrogens with two attached hydrogens (primary N) is 1. The lowest BCUT2D eigenvalue weighted by molar-refractivity contribution is -0.142. The first-order chi connectivity index (χ1) is 8.10. The summed E-state index contributed by atoms with van der Waals surface area (Å²) in [5.74, 6) is -0.972. The predicted octanol–water partition coefficient (Wildman–Crippen LogP) is 0.164. The van der Waals surface area contributed by atoms with Gasteiger partial charge in [-0.3, -0.25) is 9.78 Å². The highest BCUT2D eigenvalue weighted by Crippen LogP contribution is 2.13. The first-order valence-electron chi connectivity index (χ1n) is 5.05. The number of H-pyrrole nitrogens is 1. The van der Waals surface area contributed by atoms with Gasteiger partial charge in [-0.2, -0.15) is 0 Å². The Balaban J connectivity index is 2.24. The number of hydrogen-bond acceptors (Lipinski definition) is 5. The van der Waals surface area contributed by atoms with E-state index in [0.29, 0.717) is 17.5 Å². The molecule has 1 unspecified atom stereocenters. The summed E-state index contributed by atoms with van der Waals surface area (Å²) in [6, 6.07) is 4.42. The van der Waals surface area contributed by atoms with Crippen molar-refractivity contribution >= 4 is 17.1 Å². The van der Waals surface area contributed by atoms with Gasteiger partial charge >= 0.3 is 11.7 Å². The Hall–Kier alpha value is -2.08. The number of esters is 1. The van der Waals surface area contributed by atoms with Crippen LogP contribution in [0.1, 0.15) is 5.56 Å². The number of rotatable bonds is 3. The molecule has 6 nitrogen and oxygen atoms in total. The highest BCUT2D eigenvalue weighted by atomic mass is 16.5. The van der Waals surface area contributed by atoms with E-state index >= 15 is 0 Å². The van der Waals surface area contributed by atoms with Crippen LogP contribution in [0.2, 0.25) is 0 Å². The zero-order valence-electron chi connectivity index (χ0n) is 9.23. The van der Waals surface area contributed by atoms with E-state index in [1.165, 1.54) is 7.11 Å². The lowest BCUT2D eigenvalue weighted by Gasteiger charge is -2.08. The minimum absolute atomic E-state index is 0.343. The van der Waals surface area contributed by atoms with Crippen molar-refractivity contribution in [2.24, 2.45) is 5.73 Å². The molecule has 0 saturated heterocycles. The van der Waals surface area contributed by atoms with Crippen LogP contribution in [-0.2, 0) is 16.0 Å². The fourth-order valence-electron chi connectivity index (χ4n) is 1.61. The molecule has 90 valence electrons. The zero-order chi connectivity index (χ0) is 12.4. The number of methoxy groups -OCH3 is 1. The average Bonchev–Trinajstić information content (AvgIpc) is 2.67. The van der Waals surface area contributed by atoms with Crippen LogP contribution in [0.25, 0.3) is 11.1 Å². The number of hydrogen-bond donors (Lipinski definition) is 2. The highest BCUT2D eigenvalue weighted by Gasteiger charge is 2.14. The summed E-state index contributed by atoms with van der Waals surface area (Å²) in [5, 5.41) is 0. The Kier molecular flexibility index (Phi) is 2.97. The van der Waals surface area contributed by atoms with Gasteiger partial charge in [-0.1, -0.05) is 6.07 Å². The number of aromatic amines is 1. The third-order valence-corrected chi connectivity index (χ3v) is 2.44. The van der Waals surface area contributed by atoms with Gasteiger partial charge in [0, 0.05) is 0 Å². The van der Waals surface area contributed by atoms with Gasteiger partial charge in [-0.15, -0.1) is 0 Å². The van der Waals surface area contributed by atoms with E-state index in [2.05, 4.69) is 9.72 Å². The molecule has 1 heterocycles. The second kappa shape index (κ2) is 4.42. The number of aromatic nitrogens is 1. The lowest BCUT2D eigenvalue weighted by atomic mass is 10.1. The van der Waals surface area contributed by atoms with Gasteiger partial charge in [0.05, 0.1) is 12.6 Å². The molecule has 0 amide bonds. The summed E-state index contributed by atoms with van der Waals surface area (Å²) < 4.78 is 9.40. The highest BCUT2D eigenvalue weighted by molar-refractivity contribution is 5.76. The van der Waals surface area contributed by atoms with Crippen LogP contribution in [0.5, 0.6) is 0 Å². The molecule has 2 aromatic rings. The normalized spacial score (nSPS) is 12.6. The summed E-state index contributed by atoms with van der Waals surface area (Å²) in [6.07, 6.45) is 0.343. The molecule has 0 saturated carbocycles. The van der Waals surface area contributed by atoms with Gasteiger partial charge in [0.1, 0.15) is 6.04 Å². The smallest absolute Gasteiger partial charge is 0.417 e. The molecule has 0 fully saturated rings. The number of oxazole rings is 1. The Morgan fingerprint density at radius 1 is 1.59 bits per heavy atom. The second-order valence-electron chi connectivity index (χ2n) is 3.68. The quantitative estimate of drug-likeness (QED) is 0.740. The van der Waals surface area contributed by atoms with Crippen LogP contribution < -0.4 is 11.5 Å². The van der Waals surface area contributed by atoms with Crippen LogP contribution in [0.3, 0.4) is 0 Å². The van der Waals surface area contributed by atoms with Gasteiger partial charge in [-0.05, 0) is 24.1 Å². The molecule has 0 radical (unpaired) electrons. The van der Waals surface area contributed by atoms with E-state index in [0.717, 1.165) is 5.56 Å². The number of carbonyl (C=O) groups is 1. The largest absolute Gasteiger partial charge is 0.468 e. The first kappa shape index (κ1) is 11.4. The van der Waals surface area contributed by atoms with Gasteiger partial charge in [0.2, 0.25) is 0 Å². The summed E-state index contributed by atoms with van der Waals surface area (Å²) >= 11 is 0. The van der Waals surface area contributed by atoms with Crippen molar-refractivity contribution in [2.45, 2.75) is 12.5 Å². The van der Waals surface area contributed by atoms with Crippen LogP contribution in [0.4, 0.5) is 0 Å². The van der Waals surface area contributed by atoms with Crippen molar-refractivity contribution in [1.29, 1.82) is 0 Å². The predicted molar refractivity (Wildman–Crippen MR) is 60.5 cm³/mol. The maximum atomic E-state index is 11.2. The maximum absolute atomic E-state index is 11.2. The Labute approximate surface area is 96.4 Å². The van der Waals surface area contributed by atoms with Crippen LogP contribution in [0.15, 0.2) is 27.4 Å². The van der Waals surface area contributed by atoms with Crippen molar-refractivity contribution in [2.75, 3.05) is 7.11 Å². The average molecular weight is 236 g/mol. The summed E-state index contributed by atoms with van der Waals surface area (Å²) in [6.45, 7) is 0. The molecule has 0 aliphatic carbocycles. The van der Waals surface area contributed by atoms with Crippen LogP contribution in [0, 0.1) is 0 Å². The molecule has 0 aliphatic rings. The van der Waals surface area contributed by atoms with E-state index in [1.807, 2.05) is 0 Å². The minimum Gasteiger partial charge on any atom is -0.468 e. The molecule has 0 bridgehead atoms. The topological polar surface area (TPSA) is 98.3 Å². The fourth-order valence-corrected chi connectivity index (χ4v) is 1.61.